The Morgan fingerprint density at radius 3 is 2.59 bits per heavy atom. The van der Waals surface area contributed by atoms with Gasteiger partial charge in [0.2, 0.25) is 17.8 Å². The van der Waals surface area contributed by atoms with E-state index in [0.717, 1.165) is 0 Å². The predicted molar refractivity (Wildman–Crippen MR) is 77.5 cm³/mol. The first kappa shape index (κ1) is 14.1. The third-order valence-corrected chi connectivity index (χ3v) is 3.43. The Kier molecular flexibility index (Phi) is 3.78. The Morgan fingerprint density at radius 1 is 1.23 bits per heavy atom. The van der Waals surface area contributed by atoms with Gasteiger partial charge in [-0.25, -0.2) is 14.4 Å². The summed E-state index contributed by atoms with van der Waals surface area (Å²) in [5.74, 6) is -1.11. The smallest absolute Gasteiger partial charge is 0.232 e. The van der Waals surface area contributed by atoms with Gasteiger partial charge in [-0.3, -0.25) is 14.9 Å². The molecule has 0 saturated carbocycles. The fraction of sp³-hybridized carbons (Fsp3) is 0.200. The second-order valence-corrected chi connectivity index (χ2v) is 4.94. The van der Waals surface area contributed by atoms with Crippen LogP contribution in [0.2, 0.25) is 0 Å². The largest absolute Gasteiger partial charge is 0.312 e. The summed E-state index contributed by atoms with van der Waals surface area (Å²) >= 11 is 0. The first-order chi connectivity index (χ1) is 10.6. The first-order valence-corrected chi connectivity index (χ1v) is 6.77. The molecule has 7 heteroatoms. The summed E-state index contributed by atoms with van der Waals surface area (Å²) in [7, 11) is 0. The Morgan fingerprint density at radius 2 is 1.91 bits per heavy atom. The molecule has 1 aliphatic heterocycles. The van der Waals surface area contributed by atoms with Gasteiger partial charge in [0.1, 0.15) is 5.82 Å². The number of hydrogen-bond acceptors (Lipinski definition) is 4. The molecule has 1 N–H and O–H groups in total. The van der Waals surface area contributed by atoms with Crippen LogP contribution in [0.5, 0.6) is 0 Å². The quantitative estimate of drug-likeness (QED) is 0.934. The zero-order valence-electron chi connectivity index (χ0n) is 11.6. The molecule has 2 heterocycles. The molecule has 1 atom stereocenters. The highest BCUT2D eigenvalue weighted by molar-refractivity contribution is 6.03. The average molecular weight is 300 g/mol. The summed E-state index contributed by atoms with van der Waals surface area (Å²) in [6.07, 6.45) is 3.15. The summed E-state index contributed by atoms with van der Waals surface area (Å²) < 4.78 is 12.9. The van der Waals surface area contributed by atoms with Gasteiger partial charge in [0.15, 0.2) is 0 Å². The fourth-order valence-electron chi connectivity index (χ4n) is 2.33. The number of rotatable bonds is 3. The maximum Gasteiger partial charge on any atom is 0.232 e. The molecule has 3 rings (SSSR count). The van der Waals surface area contributed by atoms with Crippen molar-refractivity contribution in [2.45, 2.75) is 6.42 Å². The van der Waals surface area contributed by atoms with Crippen LogP contribution in [0.4, 0.5) is 16.0 Å². The fourth-order valence-corrected chi connectivity index (χ4v) is 2.33. The molecule has 0 unspecified atom stereocenters. The van der Waals surface area contributed by atoms with E-state index in [0.29, 0.717) is 5.69 Å². The molecule has 0 radical (unpaired) electrons. The van der Waals surface area contributed by atoms with Crippen LogP contribution in [-0.4, -0.2) is 28.3 Å². The van der Waals surface area contributed by atoms with Gasteiger partial charge in [0, 0.05) is 31.0 Å². The number of halogens is 1. The van der Waals surface area contributed by atoms with Crippen molar-refractivity contribution in [3.63, 3.8) is 0 Å². The van der Waals surface area contributed by atoms with E-state index < -0.39 is 5.92 Å². The number of amides is 2. The van der Waals surface area contributed by atoms with Crippen molar-refractivity contribution in [1.82, 2.24) is 9.97 Å². The van der Waals surface area contributed by atoms with Crippen LogP contribution < -0.4 is 10.2 Å². The van der Waals surface area contributed by atoms with Crippen LogP contribution in [0.1, 0.15) is 6.42 Å². The Labute approximate surface area is 126 Å². The summed E-state index contributed by atoms with van der Waals surface area (Å²) in [4.78, 5) is 33.5. The van der Waals surface area contributed by atoms with Crippen molar-refractivity contribution in [2.75, 3.05) is 16.8 Å². The highest BCUT2D eigenvalue weighted by Crippen LogP contribution is 2.25. The molecule has 22 heavy (non-hydrogen) atoms. The standard InChI is InChI=1S/C15H13FN4O2/c16-11-2-4-12(5-3-11)20-9-10(8-13(20)21)14(22)19-15-17-6-1-7-18-15/h1-7,10H,8-9H2,(H,17,18,19,22)/t10-/m0/s1. The topological polar surface area (TPSA) is 75.2 Å². The number of carbonyl (C=O) groups excluding carboxylic acids is 2. The normalized spacial score (nSPS) is 17.6. The Hall–Kier alpha value is -2.83. The molecule has 1 aromatic carbocycles. The van der Waals surface area contributed by atoms with Gasteiger partial charge in [0.05, 0.1) is 5.92 Å². The second kappa shape index (κ2) is 5.88. The van der Waals surface area contributed by atoms with Crippen molar-refractivity contribution in [3.05, 3.63) is 48.5 Å². The van der Waals surface area contributed by atoms with Gasteiger partial charge < -0.3 is 4.90 Å². The lowest BCUT2D eigenvalue weighted by atomic mass is 10.1. The van der Waals surface area contributed by atoms with E-state index in [2.05, 4.69) is 15.3 Å². The van der Waals surface area contributed by atoms with Crippen LogP contribution in [0, 0.1) is 11.7 Å². The molecule has 0 spiro atoms. The Bertz CT molecular complexity index is 690. The van der Waals surface area contributed by atoms with E-state index in [9.17, 15) is 14.0 Å². The molecule has 6 nitrogen and oxygen atoms in total. The molecule has 1 aromatic heterocycles. The molecule has 2 aromatic rings. The van der Waals surface area contributed by atoms with Gasteiger partial charge in [-0.2, -0.15) is 0 Å². The molecule has 112 valence electrons. The first-order valence-electron chi connectivity index (χ1n) is 6.77. The van der Waals surface area contributed by atoms with E-state index in [-0.39, 0.29) is 36.5 Å². The van der Waals surface area contributed by atoms with Gasteiger partial charge in [-0.1, -0.05) is 0 Å². The summed E-state index contributed by atoms with van der Waals surface area (Å²) in [5, 5.41) is 2.59. The van der Waals surface area contributed by atoms with Crippen molar-refractivity contribution in [3.8, 4) is 0 Å². The number of carbonyl (C=O) groups is 2. The third kappa shape index (κ3) is 2.93. The lowest BCUT2D eigenvalue weighted by Crippen LogP contribution is -2.28. The lowest BCUT2D eigenvalue weighted by molar-refractivity contribution is -0.122. The number of aromatic nitrogens is 2. The van der Waals surface area contributed by atoms with E-state index >= 15 is 0 Å². The van der Waals surface area contributed by atoms with Gasteiger partial charge in [-0.15, -0.1) is 0 Å². The summed E-state index contributed by atoms with van der Waals surface area (Å²) in [5.41, 5.74) is 0.581. The zero-order valence-corrected chi connectivity index (χ0v) is 11.6. The number of nitrogens with one attached hydrogen (secondary N) is 1. The molecule has 2 amide bonds. The zero-order chi connectivity index (χ0) is 15.5. The van der Waals surface area contributed by atoms with Crippen LogP contribution in [0.3, 0.4) is 0 Å². The minimum absolute atomic E-state index is 0.107. The van der Waals surface area contributed by atoms with E-state index in [1.807, 2.05) is 0 Å². The molecule has 0 aliphatic carbocycles. The number of nitrogens with zero attached hydrogens (tertiary/aromatic N) is 3. The van der Waals surface area contributed by atoms with Crippen molar-refractivity contribution < 1.29 is 14.0 Å². The average Bonchev–Trinajstić information content (AvgIpc) is 2.91. The highest BCUT2D eigenvalue weighted by Gasteiger charge is 2.35. The monoisotopic (exact) mass is 300 g/mol. The minimum atomic E-state index is -0.485. The summed E-state index contributed by atoms with van der Waals surface area (Å²) in [6.45, 7) is 0.253. The van der Waals surface area contributed by atoms with Crippen LogP contribution in [0.25, 0.3) is 0 Å². The SMILES string of the molecule is O=C(Nc1ncccn1)[C@H]1CC(=O)N(c2ccc(F)cc2)C1. The minimum Gasteiger partial charge on any atom is -0.312 e. The van der Waals surface area contributed by atoms with Crippen molar-refractivity contribution in [2.24, 2.45) is 5.92 Å². The second-order valence-electron chi connectivity index (χ2n) is 4.94. The predicted octanol–water partition coefficient (Wildman–Crippen LogP) is 1.61. The number of anilines is 2. The third-order valence-electron chi connectivity index (χ3n) is 3.43. The molecular weight excluding hydrogens is 287 g/mol. The van der Waals surface area contributed by atoms with Gasteiger partial charge in [-0.05, 0) is 30.3 Å². The lowest BCUT2D eigenvalue weighted by Gasteiger charge is -2.16. The molecule has 1 saturated heterocycles. The van der Waals surface area contributed by atoms with Crippen molar-refractivity contribution >= 4 is 23.5 Å². The molecule has 1 aliphatic rings. The maximum absolute atomic E-state index is 12.9. The van der Waals surface area contributed by atoms with Gasteiger partial charge >= 0.3 is 0 Å². The maximum atomic E-state index is 12.9. The van der Waals surface area contributed by atoms with Crippen LogP contribution in [-0.2, 0) is 9.59 Å². The van der Waals surface area contributed by atoms with Crippen LogP contribution in [0.15, 0.2) is 42.7 Å². The van der Waals surface area contributed by atoms with E-state index in [4.69, 9.17) is 0 Å². The van der Waals surface area contributed by atoms with Crippen molar-refractivity contribution in [1.29, 1.82) is 0 Å². The molecular formula is C15H13FN4O2. The summed E-state index contributed by atoms with van der Waals surface area (Å²) in [6, 6.07) is 7.26. The van der Waals surface area contributed by atoms with E-state index in [1.165, 1.54) is 41.6 Å². The van der Waals surface area contributed by atoms with E-state index in [1.54, 1.807) is 6.07 Å². The van der Waals surface area contributed by atoms with Crippen LogP contribution >= 0.6 is 0 Å². The number of benzene rings is 1. The Balaban J connectivity index is 1.69. The molecule has 0 bridgehead atoms. The molecule has 1 fully saturated rings. The number of hydrogen-bond donors (Lipinski definition) is 1. The highest BCUT2D eigenvalue weighted by atomic mass is 19.1. The van der Waals surface area contributed by atoms with Gasteiger partial charge in [0.25, 0.3) is 0 Å².